The van der Waals surface area contributed by atoms with Gasteiger partial charge in [-0.2, -0.15) is 8.78 Å². The zero-order valence-electron chi connectivity index (χ0n) is 11.0. The number of hydrogen-bond donors (Lipinski definition) is 1. The van der Waals surface area contributed by atoms with Crippen LogP contribution in [0.4, 0.5) is 14.5 Å². The maximum Gasteiger partial charge on any atom is 0.288 e. The highest BCUT2D eigenvalue weighted by atomic mass is 32.2. The normalized spacial score (nSPS) is 11.2. The maximum atomic E-state index is 12.2. The fraction of sp³-hybridized carbons (Fsp3) is 0.571. The van der Waals surface area contributed by atoms with Gasteiger partial charge in [0.05, 0.1) is 0 Å². The van der Waals surface area contributed by atoms with E-state index in [2.05, 4.69) is 19.2 Å². The van der Waals surface area contributed by atoms with Crippen LogP contribution in [0.15, 0.2) is 29.2 Å². The van der Waals surface area contributed by atoms with Gasteiger partial charge in [0.1, 0.15) is 0 Å². The molecule has 0 amide bonds. The van der Waals surface area contributed by atoms with E-state index in [4.69, 9.17) is 0 Å². The van der Waals surface area contributed by atoms with Crippen LogP contribution in [-0.4, -0.2) is 11.8 Å². The predicted octanol–water partition coefficient (Wildman–Crippen LogP) is 5.38. The van der Waals surface area contributed by atoms with E-state index < -0.39 is 5.76 Å². The summed E-state index contributed by atoms with van der Waals surface area (Å²) in [6, 6.07) is 7.72. The van der Waals surface area contributed by atoms with E-state index in [0.717, 1.165) is 31.4 Å². The highest BCUT2D eigenvalue weighted by Crippen LogP contribution is 2.26. The van der Waals surface area contributed by atoms with Gasteiger partial charge in [0.2, 0.25) is 0 Å². The third kappa shape index (κ3) is 5.71. The predicted molar refractivity (Wildman–Crippen MR) is 75.5 cm³/mol. The lowest BCUT2D eigenvalue weighted by atomic mass is 10.1. The number of benzene rings is 1. The van der Waals surface area contributed by atoms with Crippen LogP contribution in [0.5, 0.6) is 0 Å². The van der Waals surface area contributed by atoms with Crippen LogP contribution in [0.3, 0.4) is 0 Å². The van der Waals surface area contributed by atoms with Gasteiger partial charge in [0, 0.05) is 16.6 Å². The number of halogens is 2. The molecule has 1 aromatic carbocycles. The van der Waals surface area contributed by atoms with Crippen molar-refractivity contribution in [2.24, 2.45) is 0 Å². The smallest absolute Gasteiger partial charge is 0.288 e. The third-order valence-electron chi connectivity index (χ3n) is 2.72. The fourth-order valence-electron chi connectivity index (χ4n) is 1.95. The molecule has 0 aliphatic carbocycles. The summed E-state index contributed by atoms with van der Waals surface area (Å²) in [5.41, 5.74) is 1.01. The molecule has 0 aliphatic rings. The molecule has 1 rings (SSSR count). The highest BCUT2D eigenvalue weighted by Gasteiger charge is 2.07. The van der Waals surface area contributed by atoms with Crippen LogP contribution in [0.25, 0.3) is 0 Å². The van der Waals surface area contributed by atoms with Crippen LogP contribution in [0.1, 0.15) is 39.5 Å². The second kappa shape index (κ2) is 8.35. The Kier molecular flexibility index (Phi) is 7.09. The van der Waals surface area contributed by atoms with Crippen molar-refractivity contribution in [2.75, 3.05) is 5.32 Å². The number of alkyl halides is 2. The second-order valence-corrected chi connectivity index (χ2v) is 5.38. The Morgan fingerprint density at radius 1 is 1.06 bits per heavy atom. The van der Waals surface area contributed by atoms with Crippen LogP contribution in [0.2, 0.25) is 0 Å². The number of anilines is 1. The molecule has 0 heterocycles. The first-order valence-electron chi connectivity index (χ1n) is 6.47. The molecule has 1 nitrogen and oxygen atoms in total. The maximum absolute atomic E-state index is 12.2. The van der Waals surface area contributed by atoms with Crippen molar-refractivity contribution in [1.29, 1.82) is 0 Å². The van der Waals surface area contributed by atoms with Crippen molar-refractivity contribution < 1.29 is 8.78 Å². The lowest BCUT2D eigenvalue weighted by molar-refractivity contribution is 0.252. The third-order valence-corrected chi connectivity index (χ3v) is 3.45. The topological polar surface area (TPSA) is 12.0 Å². The number of rotatable bonds is 8. The van der Waals surface area contributed by atoms with Crippen molar-refractivity contribution in [3.05, 3.63) is 24.3 Å². The first-order chi connectivity index (χ1) is 8.65. The lowest BCUT2D eigenvalue weighted by Crippen LogP contribution is -2.18. The summed E-state index contributed by atoms with van der Waals surface area (Å²) >= 11 is 0.585. The van der Waals surface area contributed by atoms with Crippen LogP contribution < -0.4 is 5.32 Å². The SMILES string of the molecule is CCCC(CCC)Nc1ccc(SC(F)F)cc1. The molecule has 0 aliphatic heterocycles. The minimum atomic E-state index is -2.35. The van der Waals surface area contributed by atoms with E-state index in [1.54, 1.807) is 12.1 Å². The zero-order valence-corrected chi connectivity index (χ0v) is 11.8. The molecule has 1 aromatic rings. The van der Waals surface area contributed by atoms with Gasteiger partial charge in [0.15, 0.2) is 0 Å². The van der Waals surface area contributed by atoms with E-state index in [1.807, 2.05) is 12.1 Å². The summed E-state index contributed by atoms with van der Waals surface area (Å²) < 4.78 is 24.4. The van der Waals surface area contributed by atoms with Gasteiger partial charge >= 0.3 is 0 Å². The Morgan fingerprint density at radius 3 is 2.06 bits per heavy atom. The Labute approximate surface area is 112 Å². The van der Waals surface area contributed by atoms with E-state index in [1.165, 1.54) is 0 Å². The molecular formula is C14H21F2NS. The average Bonchev–Trinajstić information content (AvgIpc) is 2.31. The van der Waals surface area contributed by atoms with Gasteiger partial charge in [-0.05, 0) is 37.1 Å². The van der Waals surface area contributed by atoms with Gasteiger partial charge in [0.25, 0.3) is 5.76 Å². The Bertz CT molecular complexity index is 321. The summed E-state index contributed by atoms with van der Waals surface area (Å²) in [6.07, 6.45) is 4.58. The van der Waals surface area contributed by atoms with Crippen molar-refractivity contribution >= 4 is 17.4 Å². The Morgan fingerprint density at radius 2 is 1.61 bits per heavy atom. The van der Waals surface area contributed by atoms with Gasteiger partial charge < -0.3 is 5.32 Å². The van der Waals surface area contributed by atoms with Crippen LogP contribution in [0, 0.1) is 0 Å². The van der Waals surface area contributed by atoms with Crippen molar-refractivity contribution in [3.8, 4) is 0 Å². The minimum Gasteiger partial charge on any atom is -0.382 e. The van der Waals surface area contributed by atoms with Crippen molar-refractivity contribution in [3.63, 3.8) is 0 Å². The molecule has 1 N–H and O–H groups in total. The molecule has 18 heavy (non-hydrogen) atoms. The molecule has 0 spiro atoms. The van der Waals surface area contributed by atoms with Gasteiger partial charge in [-0.25, -0.2) is 0 Å². The van der Waals surface area contributed by atoms with E-state index in [9.17, 15) is 8.78 Å². The van der Waals surface area contributed by atoms with E-state index in [0.29, 0.717) is 22.7 Å². The molecule has 0 unspecified atom stereocenters. The molecule has 0 aromatic heterocycles. The van der Waals surface area contributed by atoms with Gasteiger partial charge in [-0.1, -0.05) is 38.5 Å². The molecule has 0 radical (unpaired) electrons. The zero-order chi connectivity index (χ0) is 13.4. The van der Waals surface area contributed by atoms with Crippen LogP contribution >= 0.6 is 11.8 Å². The summed E-state index contributed by atoms with van der Waals surface area (Å²) in [6.45, 7) is 4.35. The summed E-state index contributed by atoms with van der Waals surface area (Å²) in [4.78, 5) is 0.609. The van der Waals surface area contributed by atoms with Gasteiger partial charge in [-0.3, -0.25) is 0 Å². The van der Waals surface area contributed by atoms with Gasteiger partial charge in [-0.15, -0.1) is 0 Å². The number of nitrogens with one attached hydrogen (secondary N) is 1. The molecule has 0 bridgehead atoms. The largest absolute Gasteiger partial charge is 0.382 e. The molecule has 4 heteroatoms. The van der Waals surface area contributed by atoms with Crippen LogP contribution in [-0.2, 0) is 0 Å². The van der Waals surface area contributed by atoms with Crippen molar-refractivity contribution in [2.45, 2.75) is 56.2 Å². The molecule has 102 valence electrons. The molecular weight excluding hydrogens is 252 g/mol. The average molecular weight is 273 g/mol. The molecule has 0 saturated heterocycles. The number of thioether (sulfide) groups is 1. The fourth-order valence-corrected chi connectivity index (χ4v) is 2.45. The Balaban J connectivity index is 2.55. The second-order valence-electron chi connectivity index (χ2n) is 4.32. The minimum absolute atomic E-state index is 0.480. The lowest BCUT2D eigenvalue weighted by Gasteiger charge is -2.18. The summed E-state index contributed by atoms with van der Waals surface area (Å²) in [5, 5.41) is 3.46. The van der Waals surface area contributed by atoms with Crippen molar-refractivity contribution in [1.82, 2.24) is 0 Å². The first-order valence-corrected chi connectivity index (χ1v) is 7.35. The molecule has 0 fully saturated rings. The molecule has 0 atom stereocenters. The number of hydrogen-bond acceptors (Lipinski definition) is 2. The summed E-state index contributed by atoms with van der Waals surface area (Å²) in [7, 11) is 0. The van der Waals surface area contributed by atoms with E-state index in [-0.39, 0.29) is 0 Å². The monoisotopic (exact) mass is 273 g/mol. The first kappa shape index (κ1) is 15.3. The Hall–Kier alpha value is -0.770. The highest BCUT2D eigenvalue weighted by molar-refractivity contribution is 7.99. The standard InChI is InChI=1S/C14H21F2NS/c1-3-5-11(6-4-2)17-12-7-9-13(10-8-12)18-14(15)16/h7-11,14,17H,3-6H2,1-2H3. The summed E-state index contributed by atoms with van der Waals surface area (Å²) in [5.74, 6) is -2.35. The quantitative estimate of drug-likeness (QED) is 0.638. The van der Waals surface area contributed by atoms with E-state index >= 15 is 0 Å². The molecule has 0 saturated carbocycles.